The second-order valence-corrected chi connectivity index (χ2v) is 5.73. The molecular weight excluding hydrogens is 331 g/mol. The standard InChI is InChI=1S/C21H19FN2O2/c1-2-26-20-12-9-16-5-3-4-6-18(16)19(20)14-23-24-21(25)13-15-7-10-17(22)11-8-15/h3-12,14H,2,13H2,1H3,(H,24,25)/b23-14+. The van der Waals surface area contributed by atoms with Crippen molar-refractivity contribution < 1.29 is 13.9 Å². The van der Waals surface area contributed by atoms with Gasteiger partial charge in [-0.25, -0.2) is 9.82 Å². The normalized spacial score (nSPS) is 11.0. The Kier molecular flexibility index (Phi) is 5.59. The predicted octanol–water partition coefficient (Wildman–Crippen LogP) is 4.07. The molecule has 0 aliphatic carbocycles. The van der Waals surface area contributed by atoms with Crippen molar-refractivity contribution in [1.29, 1.82) is 0 Å². The molecule has 3 aromatic carbocycles. The first-order valence-electron chi connectivity index (χ1n) is 8.38. The molecule has 0 heterocycles. The second kappa shape index (κ2) is 8.25. The predicted molar refractivity (Wildman–Crippen MR) is 101 cm³/mol. The maximum absolute atomic E-state index is 12.9. The monoisotopic (exact) mass is 350 g/mol. The van der Waals surface area contributed by atoms with Crippen molar-refractivity contribution in [3.05, 3.63) is 77.6 Å². The molecule has 0 aliphatic rings. The summed E-state index contributed by atoms with van der Waals surface area (Å²) in [5.41, 5.74) is 4.04. The van der Waals surface area contributed by atoms with Crippen molar-refractivity contribution in [2.24, 2.45) is 5.10 Å². The molecule has 0 aliphatic heterocycles. The highest BCUT2D eigenvalue weighted by Gasteiger charge is 2.07. The summed E-state index contributed by atoms with van der Waals surface area (Å²) in [4.78, 5) is 12.0. The smallest absolute Gasteiger partial charge is 0.244 e. The van der Waals surface area contributed by atoms with Gasteiger partial charge in [0.2, 0.25) is 5.91 Å². The number of benzene rings is 3. The maximum atomic E-state index is 12.9. The minimum absolute atomic E-state index is 0.130. The highest BCUT2D eigenvalue weighted by atomic mass is 19.1. The second-order valence-electron chi connectivity index (χ2n) is 5.73. The summed E-state index contributed by atoms with van der Waals surface area (Å²) >= 11 is 0. The fraction of sp³-hybridized carbons (Fsp3) is 0.143. The minimum atomic E-state index is -0.327. The zero-order valence-corrected chi connectivity index (χ0v) is 14.4. The molecule has 1 N–H and O–H groups in total. The van der Waals surface area contributed by atoms with E-state index in [1.807, 2.05) is 43.3 Å². The number of rotatable bonds is 6. The van der Waals surface area contributed by atoms with E-state index in [-0.39, 0.29) is 18.1 Å². The fourth-order valence-corrected chi connectivity index (χ4v) is 2.69. The van der Waals surface area contributed by atoms with E-state index in [0.717, 1.165) is 21.9 Å². The number of carbonyl (C=O) groups is 1. The van der Waals surface area contributed by atoms with Crippen molar-refractivity contribution in [1.82, 2.24) is 5.43 Å². The Labute approximate surface area is 151 Å². The molecule has 0 unspecified atom stereocenters. The summed E-state index contributed by atoms with van der Waals surface area (Å²) in [7, 11) is 0. The number of hydrogen-bond acceptors (Lipinski definition) is 3. The van der Waals surface area contributed by atoms with Crippen molar-refractivity contribution >= 4 is 22.9 Å². The molecule has 3 aromatic rings. The van der Waals surface area contributed by atoms with Gasteiger partial charge < -0.3 is 4.74 Å². The Morgan fingerprint density at radius 3 is 2.65 bits per heavy atom. The zero-order valence-electron chi connectivity index (χ0n) is 14.4. The van der Waals surface area contributed by atoms with Crippen LogP contribution < -0.4 is 10.2 Å². The molecule has 0 atom stereocenters. The molecule has 1 amide bonds. The first kappa shape index (κ1) is 17.6. The maximum Gasteiger partial charge on any atom is 0.244 e. The van der Waals surface area contributed by atoms with Gasteiger partial charge in [0.05, 0.1) is 19.2 Å². The molecule has 0 bridgehead atoms. The van der Waals surface area contributed by atoms with Crippen LogP contribution >= 0.6 is 0 Å². The lowest BCUT2D eigenvalue weighted by Gasteiger charge is -2.10. The third-order valence-electron chi connectivity index (χ3n) is 3.89. The number of halogens is 1. The molecule has 0 aromatic heterocycles. The van der Waals surface area contributed by atoms with E-state index in [4.69, 9.17) is 4.74 Å². The van der Waals surface area contributed by atoms with E-state index >= 15 is 0 Å². The topological polar surface area (TPSA) is 50.7 Å². The van der Waals surface area contributed by atoms with Gasteiger partial charge in [0.15, 0.2) is 0 Å². The summed E-state index contributed by atoms with van der Waals surface area (Å²) in [5, 5.41) is 6.13. The lowest BCUT2D eigenvalue weighted by molar-refractivity contribution is -0.120. The molecular formula is C21H19FN2O2. The van der Waals surface area contributed by atoms with E-state index in [2.05, 4.69) is 10.5 Å². The van der Waals surface area contributed by atoms with Crippen LogP contribution in [0, 0.1) is 5.82 Å². The van der Waals surface area contributed by atoms with Gasteiger partial charge in [0.25, 0.3) is 0 Å². The van der Waals surface area contributed by atoms with Crippen LogP contribution in [-0.4, -0.2) is 18.7 Å². The number of hydrogen-bond donors (Lipinski definition) is 1. The summed E-state index contributed by atoms with van der Waals surface area (Å²) in [5.74, 6) is 0.111. The molecule has 0 saturated heterocycles. The largest absolute Gasteiger partial charge is 0.493 e. The van der Waals surface area contributed by atoms with Gasteiger partial charge in [0, 0.05) is 5.56 Å². The van der Waals surface area contributed by atoms with Crippen LogP contribution in [0.15, 0.2) is 65.8 Å². The average molecular weight is 350 g/mol. The van der Waals surface area contributed by atoms with E-state index < -0.39 is 0 Å². The van der Waals surface area contributed by atoms with E-state index in [1.165, 1.54) is 12.1 Å². The third-order valence-corrected chi connectivity index (χ3v) is 3.89. The highest BCUT2D eigenvalue weighted by molar-refractivity contribution is 6.02. The van der Waals surface area contributed by atoms with Crippen molar-refractivity contribution in [3.63, 3.8) is 0 Å². The Bertz CT molecular complexity index is 936. The molecule has 26 heavy (non-hydrogen) atoms. The van der Waals surface area contributed by atoms with Gasteiger partial charge in [-0.1, -0.05) is 42.5 Å². The lowest BCUT2D eigenvalue weighted by Crippen LogP contribution is -2.19. The fourth-order valence-electron chi connectivity index (χ4n) is 2.69. The van der Waals surface area contributed by atoms with E-state index in [9.17, 15) is 9.18 Å². The quantitative estimate of drug-likeness (QED) is 0.538. The number of amides is 1. The Balaban J connectivity index is 1.76. The van der Waals surface area contributed by atoms with Gasteiger partial charge >= 0.3 is 0 Å². The highest BCUT2D eigenvalue weighted by Crippen LogP contribution is 2.26. The van der Waals surface area contributed by atoms with Gasteiger partial charge in [-0.05, 0) is 41.5 Å². The third kappa shape index (κ3) is 4.25. The van der Waals surface area contributed by atoms with Crippen molar-refractivity contribution in [2.75, 3.05) is 6.61 Å². The number of hydrazone groups is 1. The van der Waals surface area contributed by atoms with Crippen LogP contribution in [0.2, 0.25) is 0 Å². The first-order valence-corrected chi connectivity index (χ1v) is 8.38. The SMILES string of the molecule is CCOc1ccc2ccccc2c1/C=N/NC(=O)Cc1ccc(F)cc1. The van der Waals surface area contributed by atoms with Crippen LogP contribution in [0.4, 0.5) is 4.39 Å². The van der Waals surface area contributed by atoms with Gasteiger partial charge in [0.1, 0.15) is 11.6 Å². The summed E-state index contributed by atoms with van der Waals surface area (Å²) < 4.78 is 18.6. The molecule has 0 radical (unpaired) electrons. The van der Waals surface area contributed by atoms with Crippen LogP contribution in [0.3, 0.4) is 0 Å². The Morgan fingerprint density at radius 2 is 1.88 bits per heavy atom. The van der Waals surface area contributed by atoms with E-state index in [0.29, 0.717) is 12.4 Å². The molecule has 4 nitrogen and oxygen atoms in total. The van der Waals surface area contributed by atoms with Crippen molar-refractivity contribution in [3.8, 4) is 5.75 Å². The average Bonchev–Trinajstić information content (AvgIpc) is 2.65. The van der Waals surface area contributed by atoms with Crippen LogP contribution in [0.1, 0.15) is 18.1 Å². The zero-order chi connectivity index (χ0) is 18.4. The molecule has 0 fully saturated rings. The first-order chi connectivity index (χ1) is 12.7. The summed E-state index contributed by atoms with van der Waals surface area (Å²) in [6.07, 6.45) is 1.72. The van der Waals surface area contributed by atoms with Crippen molar-refractivity contribution in [2.45, 2.75) is 13.3 Å². The Hall–Kier alpha value is -3.21. The molecule has 0 spiro atoms. The minimum Gasteiger partial charge on any atom is -0.493 e. The van der Waals surface area contributed by atoms with Crippen LogP contribution in [0.25, 0.3) is 10.8 Å². The lowest BCUT2D eigenvalue weighted by atomic mass is 10.0. The Morgan fingerprint density at radius 1 is 1.12 bits per heavy atom. The van der Waals surface area contributed by atoms with Gasteiger partial charge in [-0.3, -0.25) is 4.79 Å². The van der Waals surface area contributed by atoms with Crippen LogP contribution in [-0.2, 0) is 11.2 Å². The number of nitrogens with zero attached hydrogens (tertiary/aromatic N) is 1. The summed E-state index contributed by atoms with van der Waals surface area (Å²) in [6, 6.07) is 17.6. The van der Waals surface area contributed by atoms with Gasteiger partial charge in [-0.15, -0.1) is 0 Å². The molecule has 0 saturated carbocycles. The molecule has 132 valence electrons. The molecule has 5 heteroatoms. The number of fused-ring (bicyclic) bond motifs is 1. The van der Waals surface area contributed by atoms with E-state index in [1.54, 1.807) is 18.3 Å². The number of carbonyl (C=O) groups excluding carboxylic acids is 1. The number of nitrogens with one attached hydrogen (secondary N) is 1. The number of ether oxygens (including phenoxy) is 1. The summed E-state index contributed by atoms with van der Waals surface area (Å²) in [6.45, 7) is 2.46. The van der Waals surface area contributed by atoms with Crippen LogP contribution in [0.5, 0.6) is 5.75 Å². The van der Waals surface area contributed by atoms with Gasteiger partial charge in [-0.2, -0.15) is 5.10 Å². The molecule has 3 rings (SSSR count).